The lowest BCUT2D eigenvalue weighted by Crippen LogP contribution is -2.52. The highest BCUT2D eigenvalue weighted by atomic mass is 16.5. The van der Waals surface area contributed by atoms with Crippen LogP contribution < -0.4 is 9.64 Å². The minimum absolute atomic E-state index is 0.381. The van der Waals surface area contributed by atoms with E-state index in [4.69, 9.17) is 4.74 Å². The molecule has 24 heavy (non-hydrogen) atoms. The van der Waals surface area contributed by atoms with Crippen LogP contribution in [0.25, 0.3) is 0 Å². The Balaban J connectivity index is 1.65. The van der Waals surface area contributed by atoms with Crippen LogP contribution in [-0.2, 0) is 0 Å². The molecule has 0 saturated carbocycles. The van der Waals surface area contributed by atoms with Crippen molar-refractivity contribution in [2.24, 2.45) is 5.18 Å². The van der Waals surface area contributed by atoms with Crippen LogP contribution in [0.4, 0.5) is 11.4 Å². The molecule has 0 N–H and O–H groups in total. The molecular formula is C18H28N4O2. The van der Waals surface area contributed by atoms with Gasteiger partial charge in [0.1, 0.15) is 11.4 Å². The number of hydrogen-bond acceptors (Lipinski definition) is 6. The Hall–Kier alpha value is -1.66. The van der Waals surface area contributed by atoms with Gasteiger partial charge in [0.25, 0.3) is 0 Å². The molecule has 6 heteroatoms. The molecule has 2 fully saturated rings. The van der Waals surface area contributed by atoms with E-state index in [1.165, 1.54) is 39.0 Å². The van der Waals surface area contributed by atoms with Crippen LogP contribution in [0.15, 0.2) is 17.3 Å². The fourth-order valence-electron chi connectivity index (χ4n) is 3.90. The minimum Gasteiger partial charge on any atom is -0.494 e. The number of hydrogen-bond donors (Lipinski definition) is 0. The number of nitrogens with zero attached hydrogens (tertiary/aromatic N) is 4. The van der Waals surface area contributed by atoms with Crippen molar-refractivity contribution >= 4 is 11.4 Å². The summed E-state index contributed by atoms with van der Waals surface area (Å²) in [5.74, 6) is 0.562. The van der Waals surface area contributed by atoms with E-state index < -0.39 is 0 Å². The average Bonchev–Trinajstić information content (AvgIpc) is 2.62. The fourth-order valence-corrected chi connectivity index (χ4v) is 3.90. The number of piperidine rings is 1. The van der Waals surface area contributed by atoms with E-state index in [2.05, 4.69) is 26.9 Å². The highest BCUT2D eigenvalue weighted by molar-refractivity contribution is 5.66. The van der Waals surface area contributed by atoms with Crippen LogP contribution in [0.1, 0.15) is 18.4 Å². The van der Waals surface area contributed by atoms with Gasteiger partial charge in [0.05, 0.1) is 7.11 Å². The second kappa shape index (κ2) is 7.49. The SMILES string of the molecule is COc1cc(N2CCC(N3CCN(C)CC3)CC2)c(C)cc1N=O. The first-order valence-corrected chi connectivity index (χ1v) is 8.82. The normalized spacial score (nSPS) is 21.0. The number of likely N-dealkylation sites (N-methyl/N-ethyl adjacent to an activating group) is 1. The average molecular weight is 332 g/mol. The van der Waals surface area contributed by atoms with Crippen molar-refractivity contribution in [3.63, 3.8) is 0 Å². The van der Waals surface area contributed by atoms with Gasteiger partial charge in [-0.15, -0.1) is 4.91 Å². The van der Waals surface area contributed by atoms with Crippen molar-refractivity contribution in [2.75, 3.05) is 58.3 Å². The molecule has 0 amide bonds. The summed E-state index contributed by atoms with van der Waals surface area (Å²) in [7, 11) is 3.79. The summed E-state index contributed by atoms with van der Waals surface area (Å²) in [4.78, 5) is 18.4. The van der Waals surface area contributed by atoms with Gasteiger partial charge >= 0.3 is 0 Å². The highest BCUT2D eigenvalue weighted by Gasteiger charge is 2.27. The molecule has 0 aromatic heterocycles. The van der Waals surface area contributed by atoms with E-state index in [1.54, 1.807) is 7.11 Å². The molecule has 3 rings (SSSR count). The van der Waals surface area contributed by atoms with Gasteiger partial charge in [-0.25, -0.2) is 0 Å². The Morgan fingerprint density at radius 3 is 2.33 bits per heavy atom. The maximum atomic E-state index is 10.9. The van der Waals surface area contributed by atoms with E-state index in [0.717, 1.165) is 24.3 Å². The van der Waals surface area contributed by atoms with E-state index in [0.29, 0.717) is 17.5 Å². The van der Waals surface area contributed by atoms with Crippen LogP contribution in [0.3, 0.4) is 0 Å². The zero-order valence-corrected chi connectivity index (χ0v) is 15.0. The third-order valence-electron chi connectivity index (χ3n) is 5.46. The zero-order chi connectivity index (χ0) is 17.1. The smallest absolute Gasteiger partial charge is 0.150 e. The molecule has 132 valence electrons. The lowest BCUT2D eigenvalue weighted by atomic mass is 10.0. The molecule has 2 saturated heterocycles. The van der Waals surface area contributed by atoms with Crippen LogP contribution >= 0.6 is 0 Å². The Labute approximate surface area is 144 Å². The van der Waals surface area contributed by atoms with Gasteiger partial charge < -0.3 is 14.5 Å². The number of methoxy groups -OCH3 is 1. The first kappa shape index (κ1) is 17.2. The van der Waals surface area contributed by atoms with Crippen molar-refractivity contribution < 1.29 is 4.74 Å². The second-order valence-electron chi connectivity index (χ2n) is 6.96. The van der Waals surface area contributed by atoms with Gasteiger partial charge in [-0.2, -0.15) is 0 Å². The fraction of sp³-hybridized carbons (Fsp3) is 0.667. The van der Waals surface area contributed by atoms with E-state index in [-0.39, 0.29) is 0 Å². The number of ether oxygens (including phenoxy) is 1. The summed E-state index contributed by atoms with van der Waals surface area (Å²) in [6, 6.07) is 4.49. The van der Waals surface area contributed by atoms with E-state index in [9.17, 15) is 4.91 Å². The summed E-state index contributed by atoms with van der Waals surface area (Å²) < 4.78 is 5.32. The molecule has 0 unspecified atom stereocenters. The van der Waals surface area contributed by atoms with Gasteiger partial charge in [0.15, 0.2) is 0 Å². The first-order valence-electron chi connectivity index (χ1n) is 8.82. The molecule has 0 spiro atoms. The van der Waals surface area contributed by atoms with Gasteiger partial charge in [-0.3, -0.25) is 4.90 Å². The molecule has 1 aromatic rings. The molecule has 2 aliphatic rings. The number of piperazine rings is 1. The summed E-state index contributed by atoms with van der Waals surface area (Å²) in [5, 5.41) is 3.06. The van der Waals surface area contributed by atoms with E-state index >= 15 is 0 Å². The van der Waals surface area contributed by atoms with Gasteiger partial charge in [-0.1, -0.05) is 0 Å². The first-order chi connectivity index (χ1) is 11.6. The van der Waals surface area contributed by atoms with Gasteiger partial charge in [-0.05, 0) is 43.6 Å². The third kappa shape index (κ3) is 3.54. The van der Waals surface area contributed by atoms with E-state index in [1.807, 2.05) is 19.1 Å². The molecular weight excluding hydrogens is 304 g/mol. The molecule has 0 atom stereocenters. The minimum atomic E-state index is 0.381. The maximum Gasteiger partial charge on any atom is 0.150 e. The number of anilines is 1. The molecule has 0 radical (unpaired) electrons. The maximum absolute atomic E-state index is 10.9. The van der Waals surface area contributed by atoms with Crippen molar-refractivity contribution in [3.8, 4) is 5.75 Å². The van der Waals surface area contributed by atoms with Crippen LogP contribution in [0.2, 0.25) is 0 Å². The highest BCUT2D eigenvalue weighted by Crippen LogP contribution is 2.36. The number of benzene rings is 1. The molecule has 1 aromatic carbocycles. The van der Waals surface area contributed by atoms with Gasteiger partial charge in [0.2, 0.25) is 0 Å². The largest absolute Gasteiger partial charge is 0.494 e. The topological polar surface area (TPSA) is 48.4 Å². The second-order valence-corrected chi connectivity index (χ2v) is 6.96. The van der Waals surface area contributed by atoms with Gasteiger partial charge in [0, 0.05) is 57.1 Å². The van der Waals surface area contributed by atoms with Crippen molar-refractivity contribution in [3.05, 3.63) is 22.6 Å². The Kier molecular flexibility index (Phi) is 5.36. The lowest BCUT2D eigenvalue weighted by molar-refractivity contribution is 0.0982. The molecule has 2 aliphatic heterocycles. The Morgan fingerprint density at radius 2 is 1.75 bits per heavy atom. The van der Waals surface area contributed by atoms with Crippen molar-refractivity contribution in [2.45, 2.75) is 25.8 Å². The number of aryl methyl sites for hydroxylation is 1. The monoisotopic (exact) mass is 332 g/mol. The zero-order valence-electron chi connectivity index (χ0n) is 15.0. The van der Waals surface area contributed by atoms with Crippen LogP contribution in [0.5, 0.6) is 5.75 Å². The lowest BCUT2D eigenvalue weighted by Gasteiger charge is -2.43. The number of rotatable bonds is 4. The standard InChI is InChI=1S/C18H28N4O2/c1-14-12-16(19-23)18(24-3)13-17(14)22-6-4-15(5-7-22)21-10-8-20(2)9-11-21/h12-13,15H,4-11H2,1-3H3. The van der Waals surface area contributed by atoms with Crippen LogP contribution in [0, 0.1) is 11.8 Å². The Bertz CT molecular complexity index is 577. The Morgan fingerprint density at radius 1 is 1.08 bits per heavy atom. The summed E-state index contributed by atoms with van der Waals surface area (Å²) in [5.41, 5.74) is 2.63. The molecule has 6 nitrogen and oxygen atoms in total. The summed E-state index contributed by atoms with van der Waals surface area (Å²) >= 11 is 0. The molecule has 2 heterocycles. The van der Waals surface area contributed by atoms with Crippen molar-refractivity contribution in [1.82, 2.24) is 9.80 Å². The molecule has 0 bridgehead atoms. The third-order valence-corrected chi connectivity index (χ3v) is 5.46. The predicted molar refractivity (Wildman–Crippen MR) is 97.5 cm³/mol. The quantitative estimate of drug-likeness (QED) is 0.793. The van der Waals surface area contributed by atoms with Crippen molar-refractivity contribution in [1.29, 1.82) is 0 Å². The summed E-state index contributed by atoms with van der Waals surface area (Å²) in [6.45, 7) is 8.87. The summed E-state index contributed by atoms with van der Waals surface area (Å²) in [6.07, 6.45) is 2.39. The predicted octanol–water partition coefficient (Wildman–Crippen LogP) is 2.62. The van der Waals surface area contributed by atoms with Crippen LogP contribution in [-0.4, -0.2) is 69.3 Å². The number of nitroso groups, excluding NO2 is 1. The molecule has 0 aliphatic carbocycles.